The van der Waals surface area contributed by atoms with Crippen molar-refractivity contribution in [1.29, 1.82) is 0 Å². The topological polar surface area (TPSA) is 93.1 Å². The van der Waals surface area contributed by atoms with Crippen LogP contribution in [-0.2, 0) is 10.3 Å². The van der Waals surface area contributed by atoms with Gasteiger partial charge in [0.1, 0.15) is 23.0 Å². The van der Waals surface area contributed by atoms with Crippen LogP contribution in [0.3, 0.4) is 0 Å². The molecule has 0 fully saturated rings. The largest absolute Gasteiger partial charge is 0.508 e. The average Bonchev–Trinajstić information content (AvgIpc) is 2.94. The van der Waals surface area contributed by atoms with Gasteiger partial charge in [-0.15, -0.1) is 0 Å². The number of esters is 1. The zero-order valence-corrected chi connectivity index (χ0v) is 14.7. The molecule has 0 unspecified atom stereocenters. The zero-order chi connectivity index (χ0) is 19.6. The number of benzene rings is 3. The highest BCUT2D eigenvalue weighted by Gasteiger charge is 2.53. The summed E-state index contributed by atoms with van der Waals surface area (Å²) in [5, 5.41) is 19.8. The summed E-state index contributed by atoms with van der Waals surface area (Å²) in [5.74, 6) is -0.0932. The molecule has 2 aliphatic rings. The molecule has 28 heavy (non-hydrogen) atoms. The van der Waals surface area contributed by atoms with Crippen molar-refractivity contribution in [3.8, 4) is 23.0 Å². The van der Waals surface area contributed by atoms with Crippen LogP contribution in [0.2, 0.25) is 0 Å². The number of hydrogen-bond acceptors (Lipinski definition) is 6. The van der Waals surface area contributed by atoms with Crippen molar-refractivity contribution in [2.75, 3.05) is 0 Å². The van der Waals surface area contributed by atoms with Crippen LogP contribution in [0.15, 0.2) is 54.6 Å². The molecule has 3 aromatic rings. The minimum Gasteiger partial charge on any atom is -0.508 e. The maximum absolute atomic E-state index is 12.7. The van der Waals surface area contributed by atoms with Gasteiger partial charge in [-0.05, 0) is 43.3 Å². The Kier molecular flexibility index (Phi) is 3.13. The predicted octanol–water partition coefficient (Wildman–Crippen LogP) is 3.87. The second-order valence-corrected chi connectivity index (χ2v) is 6.85. The lowest BCUT2D eigenvalue weighted by Crippen LogP contribution is -2.33. The van der Waals surface area contributed by atoms with Gasteiger partial charge in [0.15, 0.2) is 11.4 Å². The highest BCUT2D eigenvalue weighted by molar-refractivity contribution is 6.00. The number of phenols is 2. The third-order valence-corrected chi connectivity index (χ3v) is 5.18. The molecule has 0 aliphatic carbocycles. The average molecular weight is 374 g/mol. The van der Waals surface area contributed by atoms with Gasteiger partial charge in [-0.2, -0.15) is 0 Å². The molecule has 3 aromatic carbocycles. The number of phenolic OH excluding ortho intramolecular Hbond substituents is 2. The maximum atomic E-state index is 12.7. The summed E-state index contributed by atoms with van der Waals surface area (Å²) in [4.78, 5) is 24.7. The minimum atomic E-state index is -1.35. The highest BCUT2D eigenvalue weighted by atomic mass is 16.6. The highest BCUT2D eigenvalue weighted by Crippen LogP contribution is 2.57. The molecule has 0 amide bonds. The molecule has 2 N–H and O–H groups in total. The molecule has 138 valence electrons. The van der Waals surface area contributed by atoms with Gasteiger partial charge in [0.25, 0.3) is 0 Å². The molecule has 0 radical (unpaired) electrons. The van der Waals surface area contributed by atoms with Crippen molar-refractivity contribution >= 4 is 11.8 Å². The van der Waals surface area contributed by atoms with Gasteiger partial charge in [-0.3, -0.25) is 4.79 Å². The Hall–Kier alpha value is -3.80. The summed E-state index contributed by atoms with van der Waals surface area (Å²) in [6, 6.07) is 13.9. The number of ketones is 1. The molecular formula is C22H14O6. The first-order chi connectivity index (χ1) is 13.4. The van der Waals surface area contributed by atoms with E-state index in [-0.39, 0.29) is 17.3 Å². The van der Waals surface area contributed by atoms with Crippen molar-refractivity contribution in [2.24, 2.45) is 0 Å². The standard InChI is InChI=1S/C22H14O6/c1-11(23)12-2-5-15-18(8-12)22(28-21(15)26)16-6-3-13(24)9-19(16)27-20-10-14(25)4-7-17(20)22/h2-10,24-25H,1H3. The monoisotopic (exact) mass is 374 g/mol. The Bertz CT molecular complexity index is 1140. The van der Waals surface area contributed by atoms with Crippen LogP contribution in [0.4, 0.5) is 0 Å². The number of Topliss-reactive ketones (excluding diaryl/α,β-unsaturated/α-hetero) is 1. The SMILES string of the molecule is CC(=O)c1ccc2c(c1)C1(OC2=O)c2ccc(O)cc2Oc2cc(O)ccc21. The van der Waals surface area contributed by atoms with Crippen molar-refractivity contribution in [3.05, 3.63) is 82.4 Å². The summed E-state index contributed by atoms with van der Waals surface area (Å²) < 4.78 is 11.8. The fraction of sp³-hybridized carbons (Fsp3) is 0.0909. The van der Waals surface area contributed by atoms with E-state index < -0.39 is 11.6 Å². The van der Waals surface area contributed by atoms with E-state index in [0.29, 0.717) is 39.3 Å². The van der Waals surface area contributed by atoms with E-state index in [4.69, 9.17) is 9.47 Å². The van der Waals surface area contributed by atoms with Crippen molar-refractivity contribution in [3.63, 3.8) is 0 Å². The molecule has 0 saturated heterocycles. The lowest BCUT2D eigenvalue weighted by molar-refractivity contribution is 0.0224. The van der Waals surface area contributed by atoms with Gasteiger partial charge in [0.2, 0.25) is 0 Å². The number of fused-ring (bicyclic) bond motifs is 6. The molecule has 2 aliphatic heterocycles. The van der Waals surface area contributed by atoms with Gasteiger partial charge in [0, 0.05) is 34.4 Å². The van der Waals surface area contributed by atoms with Gasteiger partial charge >= 0.3 is 5.97 Å². The number of carbonyl (C=O) groups is 2. The number of hydrogen-bond donors (Lipinski definition) is 2. The van der Waals surface area contributed by atoms with Gasteiger partial charge in [-0.1, -0.05) is 6.07 Å². The van der Waals surface area contributed by atoms with E-state index in [0.717, 1.165) is 0 Å². The first-order valence-electron chi connectivity index (χ1n) is 8.64. The molecule has 0 bridgehead atoms. The Morgan fingerprint density at radius 1 is 0.857 bits per heavy atom. The number of carbonyl (C=O) groups excluding carboxylic acids is 2. The molecule has 0 aromatic heterocycles. The molecular weight excluding hydrogens is 360 g/mol. The first-order valence-corrected chi connectivity index (χ1v) is 8.64. The Morgan fingerprint density at radius 3 is 2.04 bits per heavy atom. The van der Waals surface area contributed by atoms with Crippen molar-refractivity contribution < 1.29 is 29.3 Å². The molecule has 2 heterocycles. The predicted molar refractivity (Wildman–Crippen MR) is 98.0 cm³/mol. The maximum Gasteiger partial charge on any atom is 0.340 e. The van der Waals surface area contributed by atoms with E-state index >= 15 is 0 Å². The lowest BCUT2D eigenvalue weighted by Gasteiger charge is -2.36. The normalized spacial score (nSPS) is 15.2. The number of aromatic hydroxyl groups is 2. The Labute approximate surface area is 159 Å². The van der Waals surface area contributed by atoms with Gasteiger partial charge in [0.05, 0.1) is 5.56 Å². The Balaban J connectivity index is 1.90. The van der Waals surface area contributed by atoms with E-state index in [2.05, 4.69) is 0 Å². The van der Waals surface area contributed by atoms with Crippen LogP contribution in [0.1, 0.15) is 44.3 Å². The fourth-order valence-corrected chi connectivity index (χ4v) is 3.92. The number of ether oxygens (including phenoxy) is 2. The third kappa shape index (κ3) is 2.02. The van der Waals surface area contributed by atoms with Gasteiger partial charge in [-0.25, -0.2) is 4.79 Å². The van der Waals surface area contributed by atoms with Crippen LogP contribution < -0.4 is 4.74 Å². The molecule has 0 atom stereocenters. The van der Waals surface area contributed by atoms with E-state index in [1.165, 1.54) is 31.2 Å². The molecule has 6 heteroatoms. The van der Waals surface area contributed by atoms with Gasteiger partial charge < -0.3 is 19.7 Å². The molecule has 0 saturated carbocycles. The molecule has 1 spiro atoms. The summed E-state index contributed by atoms with van der Waals surface area (Å²) in [7, 11) is 0. The number of rotatable bonds is 1. The second-order valence-electron chi connectivity index (χ2n) is 6.85. The van der Waals surface area contributed by atoms with Crippen LogP contribution in [0.5, 0.6) is 23.0 Å². The van der Waals surface area contributed by atoms with Crippen molar-refractivity contribution in [2.45, 2.75) is 12.5 Å². The summed E-state index contributed by atoms with van der Waals surface area (Å²) in [6.07, 6.45) is 0. The van der Waals surface area contributed by atoms with Crippen LogP contribution in [0.25, 0.3) is 0 Å². The summed E-state index contributed by atoms with van der Waals surface area (Å²) >= 11 is 0. The van der Waals surface area contributed by atoms with Crippen LogP contribution in [-0.4, -0.2) is 22.0 Å². The fourth-order valence-electron chi connectivity index (χ4n) is 3.92. The molecule has 6 nitrogen and oxygen atoms in total. The molecule has 5 rings (SSSR count). The zero-order valence-electron chi connectivity index (χ0n) is 14.7. The smallest absolute Gasteiger partial charge is 0.340 e. The van der Waals surface area contributed by atoms with Crippen LogP contribution in [0, 0.1) is 0 Å². The Morgan fingerprint density at radius 2 is 1.46 bits per heavy atom. The van der Waals surface area contributed by atoms with E-state index in [9.17, 15) is 19.8 Å². The van der Waals surface area contributed by atoms with Crippen molar-refractivity contribution in [1.82, 2.24) is 0 Å². The quantitative estimate of drug-likeness (QED) is 0.496. The second kappa shape index (κ2) is 5.36. The summed E-state index contributed by atoms with van der Waals surface area (Å²) in [6.45, 7) is 1.45. The van der Waals surface area contributed by atoms with E-state index in [1.54, 1.807) is 30.3 Å². The van der Waals surface area contributed by atoms with E-state index in [1.807, 2.05) is 0 Å². The summed E-state index contributed by atoms with van der Waals surface area (Å²) in [5.41, 5.74) is 1.02. The lowest BCUT2D eigenvalue weighted by atomic mass is 9.77. The first kappa shape index (κ1) is 16.4. The third-order valence-electron chi connectivity index (χ3n) is 5.18. The van der Waals surface area contributed by atoms with Crippen LogP contribution >= 0.6 is 0 Å². The minimum absolute atomic E-state index is 0.0143.